The van der Waals surface area contributed by atoms with Gasteiger partial charge in [0, 0.05) is 29.0 Å². The van der Waals surface area contributed by atoms with Gasteiger partial charge < -0.3 is 14.6 Å². The number of aromatic amines is 1. The molecule has 0 atom stereocenters. The third kappa shape index (κ3) is 3.60. The molecular formula is C17H15ClN2O3S. The normalized spacial score (nSPS) is 10.8. The minimum Gasteiger partial charge on any atom is -0.452 e. The monoisotopic (exact) mass is 362 g/mol. The van der Waals surface area contributed by atoms with Gasteiger partial charge in [0.1, 0.15) is 0 Å². The zero-order valence-electron chi connectivity index (χ0n) is 12.9. The molecule has 1 amide bonds. The van der Waals surface area contributed by atoms with E-state index in [2.05, 4.69) is 4.98 Å². The van der Waals surface area contributed by atoms with Crippen molar-refractivity contribution in [3.05, 3.63) is 57.4 Å². The minimum atomic E-state index is -0.520. The summed E-state index contributed by atoms with van der Waals surface area (Å²) in [6.45, 7) is 0.134. The molecule has 0 aliphatic heterocycles. The van der Waals surface area contributed by atoms with Crippen LogP contribution in [0.1, 0.15) is 15.2 Å². The summed E-state index contributed by atoms with van der Waals surface area (Å²) in [4.78, 5) is 29.8. The Morgan fingerprint density at radius 3 is 2.79 bits per heavy atom. The molecule has 0 fully saturated rings. The largest absolute Gasteiger partial charge is 0.452 e. The number of nitrogens with one attached hydrogen (secondary N) is 1. The highest BCUT2D eigenvalue weighted by Gasteiger charge is 2.17. The fourth-order valence-electron chi connectivity index (χ4n) is 2.31. The standard InChI is InChI=1S/C17H15ClN2O3S/c1-20(9-11-6-7-15(18)24-11)16(21)10-23-17(22)13-8-19-14-5-3-2-4-12(13)14/h2-8,19H,9-10H2,1H3. The summed E-state index contributed by atoms with van der Waals surface area (Å²) >= 11 is 7.29. The van der Waals surface area contributed by atoms with Gasteiger partial charge in [0.25, 0.3) is 5.91 Å². The predicted molar refractivity (Wildman–Crippen MR) is 94.4 cm³/mol. The Balaban J connectivity index is 1.58. The zero-order valence-corrected chi connectivity index (χ0v) is 14.5. The molecule has 2 aromatic heterocycles. The molecule has 7 heteroatoms. The number of esters is 1. The first kappa shape index (κ1) is 16.5. The predicted octanol–water partition coefficient (Wildman–Crippen LogP) is 3.70. The van der Waals surface area contributed by atoms with E-state index in [0.717, 1.165) is 15.8 Å². The summed E-state index contributed by atoms with van der Waals surface area (Å²) in [5.41, 5.74) is 1.27. The minimum absolute atomic E-state index is 0.271. The lowest BCUT2D eigenvalue weighted by Gasteiger charge is -2.16. The van der Waals surface area contributed by atoms with Gasteiger partial charge in [-0.2, -0.15) is 0 Å². The van der Waals surface area contributed by atoms with Gasteiger partial charge in [-0.05, 0) is 18.2 Å². The number of thiophene rings is 1. The first-order valence-corrected chi connectivity index (χ1v) is 8.45. The Morgan fingerprint density at radius 2 is 2.04 bits per heavy atom. The molecule has 3 aromatic rings. The smallest absolute Gasteiger partial charge is 0.340 e. The Kier molecular flexibility index (Phi) is 4.87. The number of ether oxygens (including phenoxy) is 1. The molecule has 0 unspecified atom stereocenters. The van der Waals surface area contributed by atoms with Crippen LogP contribution in [0.2, 0.25) is 4.34 Å². The number of para-hydroxylation sites is 1. The van der Waals surface area contributed by atoms with Crippen LogP contribution in [-0.4, -0.2) is 35.4 Å². The van der Waals surface area contributed by atoms with Crippen LogP contribution in [0.25, 0.3) is 10.9 Å². The zero-order chi connectivity index (χ0) is 17.1. The van der Waals surface area contributed by atoms with Crippen LogP contribution in [0.15, 0.2) is 42.6 Å². The first-order chi connectivity index (χ1) is 11.5. The van der Waals surface area contributed by atoms with Crippen LogP contribution in [0.4, 0.5) is 0 Å². The van der Waals surface area contributed by atoms with Crippen molar-refractivity contribution >= 4 is 45.7 Å². The quantitative estimate of drug-likeness (QED) is 0.704. The molecular weight excluding hydrogens is 348 g/mol. The highest BCUT2D eigenvalue weighted by Crippen LogP contribution is 2.22. The van der Waals surface area contributed by atoms with E-state index >= 15 is 0 Å². The van der Waals surface area contributed by atoms with E-state index in [4.69, 9.17) is 16.3 Å². The van der Waals surface area contributed by atoms with Gasteiger partial charge in [0.2, 0.25) is 0 Å². The summed E-state index contributed by atoms with van der Waals surface area (Å²) in [6, 6.07) is 11.1. The van der Waals surface area contributed by atoms with Gasteiger partial charge in [0.05, 0.1) is 16.4 Å². The van der Waals surface area contributed by atoms with E-state index in [0.29, 0.717) is 16.4 Å². The number of carbonyl (C=O) groups is 2. The molecule has 0 bridgehead atoms. The molecule has 2 heterocycles. The molecule has 0 saturated carbocycles. The number of halogens is 1. The maximum atomic E-state index is 12.2. The topological polar surface area (TPSA) is 62.4 Å². The van der Waals surface area contributed by atoms with Crippen LogP contribution in [0.5, 0.6) is 0 Å². The van der Waals surface area contributed by atoms with Gasteiger partial charge >= 0.3 is 5.97 Å². The van der Waals surface area contributed by atoms with Crippen molar-refractivity contribution in [2.45, 2.75) is 6.54 Å². The van der Waals surface area contributed by atoms with Gasteiger partial charge in [-0.25, -0.2) is 4.79 Å². The number of amides is 1. The SMILES string of the molecule is CN(Cc1ccc(Cl)s1)C(=O)COC(=O)c1c[nH]c2ccccc12. The van der Waals surface area contributed by atoms with Crippen LogP contribution < -0.4 is 0 Å². The van der Waals surface area contributed by atoms with Crippen LogP contribution in [0.3, 0.4) is 0 Å². The number of fused-ring (bicyclic) bond motifs is 1. The number of benzene rings is 1. The summed E-state index contributed by atoms with van der Waals surface area (Å²) in [5.74, 6) is -0.791. The average molecular weight is 363 g/mol. The fourth-order valence-corrected chi connectivity index (χ4v) is 3.46. The van der Waals surface area contributed by atoms with Crippen molar-refractivity contribution in [2.24, 2.45) is 0 Å². The molecule has 3 rings (SSSR count). The van der Waals surface area contributed by atoms with Crippen molar-refractivity contribution in [3.63, 3.8) is 0 Å². The van der Waals surface area contributed by atoms with E-state index < -0.39 is 5.97 Å². The number of hydrogen-bond donors (Lipinski definition) is 1. The molecule has 0 saturated heterocycles. The van der Waals surface area contributed by atoms with E-state index in [1.807, 2.05) is 30.3 Å². The van der Waals surface area contributed by atoms with Crippen molar-refractivity contribution < 1.29 is 14.3 Å². The summed E-state index contributed by atoms with van der Waals surface area (Å²) in [5, 5.41) is 0.775. The Morgan fingerprint density at radius 1 is 1.25 bits per heavy atom. The molecule has 0 spiro atoms. The fraction of sp³-hybridized carbons (Fsp3) is 0.176. The second-order valence-corrected chi connectivity index (χ2v) is 7.08. The summed E-state index contributed by atoms with van der Waals surface area (Å²) in [6.07, 6.45) is 1.59. The van der Waals surface area contributed by atoms with Gasteiger partial charge in [-0.15, -0.1) is 11.3 Å². The lowest BCUT2D eigenvalue weighted by atomic mass is 10.2. The van der Waals surface area contributed by atoms with E-state index in [1.165, 1.54) is 16.2 Å². The van der Waals surface area contributed by atoms with Gasteiger partial charge in [-0.3, -0.25) is 4.79 Å². The maximum absolute atomic E-state index is 12.2. The molecule has 0 radical (unpaired) electrons. The lowest BCUT2D eigenvalue weighted by molar-refractivity contribution is -0.133. The Hall–Kier alpha value is -2.31. The van der Waals surface area contributed by atoms with E-state index in [-0.39, 0.29) is 12.5 Å². The number of hydrogen-bond acceptors (Lipinski definition) is 4. The first-order valence-electron chi connectivity index (χ1n) is 7.26. The highest BCUT2D eigenvalue weighted by molar-refractivity contribution is 7.16. The number of nitrogens with zero attached hydrogens (tertiary/aromatic N) is 1. The number of carbonyl (C=O) groups excluding carboxylic acids is 2. The third-order valence-corrected chi connectivity index (χ3v) is 4.80. The summed E-state index contributed by atoms with van der Waals surface area (Å²) in [7, 11) is 1.66. The Bertz CT molecular complexity index is 887. The van der Waals surface area contributed by atoms with Crippen LogP contribution in [0, 0.1) is 0 Å². The van der Waals surface area contributed by atoms with Gasteiger partial charge in [0.15, 0.2) is 6.61 Å². The summed E-state index contributed by atoms with van der Waals surface area (Å²) < 4.78 is 5.82. The number of rotatable bonds is 5. The van der Waals surface area contributed by atoms with E-state index in [9.17, 15) is 9.59 Å². The van der Waals surface area contributed by atoms with E-state index in [1.54, 1.807) is 19.3 Å². The number of H-pyrrole nitrogens is 1. The highest BCUT2D eigenvalue weighted by atomic mass is 35.5. The molecule has 24 heavy (non-hydrogen) atoms. The molecule has 1 aromatic carbocycles. The average Bonchev–Trinajstić information content (AvgIpc) is 3.18. The van der Waals surface area contributed by atoms with Gasteiger partial charge in [-0.1, -0.05) is 29.8 Å². The van der Waals surface area contributed by atoms with Crippen molar-refractivity contribution in [2.75, 3.05) is 13.7 Å². The molecule has 1 N–H and O–H groups in total. The van der Waals surface area contributed by atoms with Crippen molar-refractivity contribution in [1.82, 2.24) is 9.88 Å². The Labute approximate surface area is 147 Å². The molecule has 124 valence electrons. The lowest BCUT2D eigenvalue weighted by Crippen LogP contribution is -2.30. The number of likely N-dealkylation sites (N-methyl/N-ethyl adjacent to an activating group) is 1. The van der Waals surface area contributed by atoms with Crippen LogP contribution >= 0.6 is 22.9 Å². The second kappa shape index (κ2) is 7.07. The van der Waals surface area contributed by atoms with Crippen molar-refractivity contribution in [3.8, 4) is 0 Å². The molecule has 0 aliphatic carbocycles. The van der Waals surface area contributed by atoms with Crippen LogP contribution in [-0.2, 0) is 16.1 Å². The number of aromatic nitrogens is 1. The molecule has 0 aliphatic rings. The molecule has 5 nitrogen and oxygen atoms in total. The van der Waals surface area contributed by atoms with Crippen molar-refractivity contribution in [1.29, 1.82) is 0 Å². The maximum Gasteiger partial charge on any atom is 0.340 e. The third-order valence-electron chi connectivity index (χ3n) is 3.58. The second-order valence-electron chi connectivity index (χ2n) is 5.28.